The maximum Gasteiger partial charge on any atom is 0.490 e. The Morgan fingerprint density at radius 1 is 0.457 bits per heavy atom. The number of benzene rings is 8. The summed E-state index contributed by atoms with van der Waals surface area (Å²) in [5, 5.41) is 25.0. The van der Waals surface area contributed by atoms with Crippen LogP contribution in [0.4, 0.5) is 46.0 Å². The summed E-state index contributed by atoms with van der Waals surface area (Å²) < 4.78 is 114. The number of aromatic carboxylic acids is 1. The number of nitrogens with one attached hydrogen (secondary N) is 6. The van der Waals surface area contributed by atoms with E-state index in [0.29, 0.717) is 78.9 Å². The standard InChI is InChI=1S/C21H17FN2O4.C18H14FNO3.C16H10FNO3.C13H10FNO.C10H17NO4.C7H13NO3.C5H9NO2.C2HF3O2.6H2/c1-28-17(25)8-5-11-23-20(26)19-18(13-6-3-2-4-7-13)15-12-14(22)9-10-16(15)24-21(19)27;1-2-23-18(22)16-15(11-6-4-3-5-7-11)13-10-12(19)8-9-14(13)20-17(16)21;17-10-6-7-12-11(8-10)13(9-4-2-1-3-5-9)14(16(20)21)15(19)18-12;14-10-6-7-12(15)11(8-10)13(16)9-4-2-1-3-5-9;1-10(2,3)15-9(13)11-7-5-6-8(12)14-4;1-7(2,3)11-6(10)8-4-5-9;1-8-5(7)3-2-4-6;3-2(4,5)1(6)7;;;;;;/h2-10,12H,11H2,1H3,(H,23,26)(H,24,27);3-10H,2H2,1H3,(H,20,21);1-8H,(H,18,19)(H,20,21);1-8H,15H2;5-6H,7H2,1-4H3,(H,11,13);5H,4H2,1-3H3,(H,8,10);2-3H,4,6H2,1H3;(H,6,7);6*1H/b8-5+;;;;6-5+;;3-2+;;;;;;;. The highest BCUT2D eigenvalue weighted by Crippen LogP contribution is 2.34. The van der Waals surface area contributed by atoms with Crippen molar-refractivity contribution >= 4 is 104 Å². The monoisotopic (exact) mass is 1800 g/mol. The number of halogens is 7. The van der Waals surface area contributed by atoms with Gasteiger partial charge in [-0.3, -0.25) is 24.0 Å². The number of anilines is 1. The van der Waals surface area contributed by atoms with Crippen molar-refractivity contribution in [1.82, 2.24) is 30.9 Å². The number of hydrogen-bond donors (Lipinski definition) is 10. The topological polar surface area (TPSA) is 470 Å². The molecular formula is C92H103F7N8O22. The highest BCUT2D eigenvalue weighted by atomic mass is 19.4. The number of fused-ring (bicyclic) bond motifs is 3. The molecule has 0 unspecified atom stereocenters. The first kappa shape index (κ1) is 105. The number of alkyl carbamates (subject to hydrolysis) is 2. The summed E-state index contributed by atoms with van der Waals surface area (Å²) in [6.45, 7) is 13.0. The number of aromatic nitrogens is 3. The van der Waals surface area contributed by atoms with Crippen LogP contribution in [0.15, 0.2) is 245 Å². The second-order valence-electron chi connectivity index (χ2n) is 27.7. The molecule has 0 aliphatic carbocycles. The Morgan fingerprint density at radius 2 is 0.791 bits per heavy atom. The molecule has 12 N–H and O–H groups in total. The normalized spacial score (nSPS) is 10.7. The van der Waals surface area contributed by atoms with Gasteiger partial charge in [0.2, 0.25) is 0 Å². The molecule has 0 aliphatic heterocycles. The summed E-state index contributed by atoms with van der Waals surface area (Å²) in [5.41, 5.74) is 12.2. The Kier molecular flexibility index (Phi) is 42.5. The molecule has 0 radical (unpaired) electrons. The predicted molar refractivity (Wildman–Crippen MR) is 479 cm³/mol. The Morgan fingerprint density at radius 3 is 1.15 bits per heavy atom. The number of carbonyl (C=O) groups is 11. The number of aromatic amines is 3. The fourth-order valence-electron chi connectivity index (χ4n) is 10.6. The van der Waals surface area contributed by atoms with Crippen molar-refractivity contribution in [3.05, 3.63) is 313 Å². The van der Waals surface area contributed by atoms with Crippen LogP contribution in [0.5, 0.6) is 0 Å². The smallest absolute Gasteiger partial charge is 0.477 e. The molecule has 11 rings (SSSR count). The molecule has 0 saturated heterocycles. The molecule has 0 aliphatic rings. The first-order valence-corrected chi connectivity index (χ1v) is 38.1. The number of aldehydes is 1. The van der Waals surface area contributed by atoms with Crippen LogP contribution in [0.25, 0.3) is 66.1 Å². The molecule has 11 aromatic rings. The van der Waals surface area contributed by atoms with Gasteiger partial charge in [-0.05, 0) is 138 Å². The van der Waals surface area contributed by atoms with E-state index < -0.39 is 105 Å². The number of esters is 4. The SMILES string of the molecule is CC(C)(C)OC(=O)NCC=O.CCOC(=O)c1c(-c2ccccc2)c2cc(F)ccc2[nH]c1=O.COC(=O)/C=C/CN.COC(=O)/C=C/CNC(=O)OC(C)(C)C.COC(=O)/C=C/CNC(=O)c1c(-c2ccccc2)c2cc(F)ccc2[nH]c1=O.Nc1ccc(F)cc1C(=O)c1ccccc1.O=C(O)C(F)(F)F.O=C(O)c1c(-c2ccccc2)c2cc(F)ccc2[nH]c1=O.[HH].[HH].[HH].[HH].[HH].[HH]. The number of amides is 3. The zero-order valence-electron chi connectivity index (χ0n) is 70.9. The molecule has 3 amide bonds. The average Bonchev–Trinajstić information content (AvgIpc) is 0.772. The van der Waals surface area contributed by atoms with Crippen molar-refractivity contribution in [3.8, 4) is 33.4 Å². The number of alkyl halides is 3. The van der Waals surface area contributed by atoms with Gasteiger partial charge in [-0.1, -0.05) is 140 Å². The molecule has 0 spiro atoms. The number of carbonyl (C=O) groups excluding carboxylic acids is 9. The highest BCUT2D eigenvalue weighted by molar-refractivity contribution is 6.13. The number of ether oxygens (including phenoxy) is 6. The Labute approximate surface area is 740 Å². The number of hydrogen-bond acceptors (Lipinski definition) is 22. The van der Waals surface area contributed by atoms with E-state index in [2.05, 4.69) is 45.1 Å². The van der Waals surface area contributed by atoms with Gasteiger partial charge in [-0.2, -0.15) is 13.2 Å². The molecule has 0 fully saturated rings. The van der Waals surface area contributed by atoms with Crippen LogP contribution in [0.1, 0.15) is 104 Å². The van der Waals surface area contributed by atoms with Crippen molar-refractivity contribution < 1.29 is 131 Å². The third-order valence-electron chi connectivity index (χ3n) is 15.9. The quantitative estimate of drug-likeness (QED) is 0.00683. The molecule has 0 atom stereocenters. The molecular weight excluding hydrogens is 1700 g/mol. The third kappa shape index (κ3) is 35.7. The van der Waals surface area contributed by atoms with Gasteiger partial charge in [0.05, 0.1) is 34.5 Å². The van der Waals surface area contributed by atoms with Crippen LogP contribution < -0.4 is 44.1 Å². The summed E-state index contributed by atoms with van der Waals surface area (Å²) >= 11 is 0. The van der Waals surface area contributed by atoms with Gasteiger partial charge in [-0.15, -0.1) is 0 Å². The van der Waals surface area contributed by atoms with Crippen LogP contribution in [-0.4, -0.2) is 163 Å². The Hall–Kier alpha value is -16.0. The predicted octanol–water partition coefficient (Wildman–Crippen LogP) is 15.7. The molecule has 3 aromatic heterocycles. The number of nitrogen functional groups attached to an aromatic ring is 1. The van der Waals surface area contributed by atoms with Gasteiger partial charge >= 0.3 is 54.2 Å². The second kappa shape index (κ2) is 52.0. The van der Waals surface area contributed by atoms with Crippen LogP contribution in [0.2, 0.25) is 0 Å². The number of aliphatic carboxylic acids is 1. The third-order valence-corrected chi connectivity index (χ3v) is 15.9. The summed E-state index contributed by atoms with van der Waals surface area (Å²) in [6.07, 6.45) is 2.55. The molecule has 129 heavy (non-hydrogen) atoms. The number of ketones is 1. The lowest BCUT2D eigenvalue weighted by atomic mass is 9.95. The van der Waals surface area contributed by atoms with Crippen LogP contribution >= 0.6 is 0 Å². The van der Waals surface area contributed by atoms with Crippen molar-refractivity contribution in [3.63, 3.8) is 0 Å². The zero-order valence-corrected chi connectivity index (χ0v) is 70.9. The van der Waals surface area contributed by atoms with E-state index in [1.54, 1.807) is 158 Å². The summed E-state index contributed by atoms with van der Waals surface area (Å²) in [5.74, 6) is -9.00. The van der Waals surface area contributed by atoms with Crippen LogP contribution in [0.3, 0.4) is 0 Å². The first-order chi connectivity index (χ1) is 60.9. The lowest BCUT2D eigenvalue weighted by Gasteiger charge is -2.19. The van der Waals surface area contributed by atoms with Crippen LogP contribution in [0, 0.1) is 23.3 Å². The minimum absolute atomic E-state index is 0. The molecule has 8 aromatic carbocycles. The summed E-state index contributed by atoms with van der Waals surface area (Å²) in [4.78, 5) is 166. The first-order valence-electron chi connectivity index (χ1n) is 38.1. The molecule has 30 nitrogen and oxygen atoms in total. The number of carboxylic acid groups (broad SMARTS) is 2. The maximum atomic E-state index is 13.9. The average molecular weight is 1810 g/mol. The number of methoxy groups -OCH3 is 3. The zero-order chi connectivity index (χ0) is 96.3. The fraction of sp³-hybridized carbons (Fsp3) is 0.196. The van der Waals surface area contributed by atoms with Gasteiger partial charge < -0.3 is 85.8 Å². The van der Waals surface area contributed by atoms with Crippen molar-refractivity contribution in [1.29, 1.82) is 0 Å². The number of carboxylic acids is 2. The van der Waals surface area contributed by atoms with Gasteiger partial charge in [0.25, 0.3) is 22.6 Å². The minimum atomic E-state index is -5.08. The van der Waals surface area contributed by atoms with Gasteiger partial charge in [0.15, 0.2) is 5.78 Å². The maximum absolute atomic E-state index is 13.9. The highest BCUT2D eigenvalue weighted by Gasteiger charge is 2.38. The van der Waals surface area contributed by atoms with E-state index >= 15 is 0 Å². The number of pyridine rings is 3. The Balaban J connectivity index is -0.00000151. The van der Waals surface area contributed by atoms with Gasteiger partial charge in [0.1, 0.15) is 57.4 Å². The van der Waals surface area contributed by atoms with Crippen molar-refractivity contribution in [2.45, 2.75) is 65.8 Å². The number of nitrogens with two attached hydrogens (primary N) is 2. The van der Waals surface area contributed by atoms with E-state index in [9.17, 15) is 98.2 Å². The van der Waals surface area contributed by atoms with Gasteiger partial charge in [-0.25, -0.2) is 55.9 Å². The number of H-pyrrole nitrogens is 3. The molecule has 0 saturated carbocycles. The Bertz CT molecular complexity index is 6050. The molecule has 692 valence electrons. The second-order valence-corrected chi connectivity index (χ2v) is 27.7. The fourth-order valence-corrected chi connectivity index (χ4v) is 10.6. The van der Waals surface area contributed by atoms with Crippen LogP contribution in [-0.2, 0) is 52.4 Å². The summed E-state index contributed by atoms with van der Waals surface area (Å²) in [7, 11) is 3.85. The molecule has 0 bridgehead atoms. The minimum Gasteiger partial charge on any atom is -0.477 e. The van der Waals surface area contributed by atoms with Crippen molar-refractivity contribution in [2.75, 3.05) is 59.8 Å². The molecule has 3 heterocycles. The van der Waals surface area contributed by atoms with Crippen molar-refractivity contribution in [2.24, 2.45) is 5.73 Å². The molecule has 37 heteroatoms. The van der Waals surface area contributed by atoms with E-state index in [1.165, 1.54) is 125 Å². The number of rotatable bonds is 19. The van der Waals surface area contributed by atoms with E-state index in [-0.39, 0.29) is 80.1 Å². The van der Waals surface area contributed by atoms with E-state index in [1.807, 2.05) is 12.1 Å². The lowest BCUT2D eigenvalue weighted by molar-refractivity contribution is -0.192. The summed E-state index contributed by atoms with van der Waals surface area (Å²) in [6, 6.07) is 50.7. The van der Waals surface area contributed by atoms with E-state index in [0.717, 1.165) is 6.07 Å². The largest absolute Gasteiger partial charge is 0.490 e. The van der Waals surface area contributed by atoms with Gasteiger partial charge in [0, 0.05) is 113 Å². The van der Waals surface area contributed by atoms with E-state index in [4.69, 9.17) is 35.6 Å². The lowest BCUT2D eigenvalue weighted by Crippen LogP contribution is -2.33.